The van der Waals surface area contributed by atoms with Gasteiger partial charge in [0.05, 0.1) is 5.02 Å². The molecule has 2 aliphatic rings. The monoisotopic (exact) mass is 639 g/mol. The summed E-state index contributed by atoms with van der Waals surface area (Å²) in [7, 11) is 0. The Kier molecular flexibility index (Phi) is 8.72. The Balaban J connectivity index is 1.07. The zero-order valence-corrected chi connectivity index (χ0v) is 25.6. The molecule has 0 radical (unpaired) electrons. The zero-order chi connectivity index (χ0) is 30.9. The predicted molar refractivity (Wildman–Crippen MR) is 169 cm³/mol. The van der Waals surface area contributed by atoms with Crippen LogP contribution in [0.15, 0.2) is 72.8 Å². The standard InChI is InChI=1S/C34H33ClF3N3O2S/c35-29-25-11-3-6-14-28(25)44-30(29)31(42)40-22-15-19-41(20-16-22)18-8-7-17-33(32(43)39-21-34(36,37)38)26-12-4-1-9-23(26)24-10-2-5-13-27(24)33/h1-6,9-14,22H,7-8,15-21H2,(H,39,43)(H,40,42). The largest absolute Gasteiger partial charge is 0.405 e. The van der Waals surface area contributed by atoms with Crippen molar-refractivity contribution in [1.82, 2.24) is 15.5 Å². The summed E-state index contributed by atoms with van der Waals surface area (Å²) < 4.78 is 40.4. The Morgan fingerprint density at radius 3 is 2.16 bits per heavy atom. The average molecular weight is 640 g/mol. The third kappa shape index (κ3) is 5.97. The molecule has 1 aromatic heterocycles. The molecule has 0 saturated carbocycles. The topological polar surface area (TPSA) is 61.4 Å². The molecule has 44 heavy (non-hydrogen) atoms. The highest BCUT2D eigenvalue weighted by atomic mass is 35.5. The maximum absolute atomic E-state index is 13.7. The van der Waals surface area contributed by atoms with Crippen molar-refractivity contribution in [3.05, 3.63) is 93.8 Å². The van der Waals surface area contributed by atoms with E-state index in [2.05, 4.69) is 15.5 Å². The van der Waals surface area contributed by atoms with E-state index < -0.39 is 24.0 Å². The number of unbranched alkanes of at least 4 members (excludes halogenated alkanes) is 1. The van der Waals surface area contributed by atoms with Crippen LogP contribution in [0.4, 0.5) is 13.2 Å². The van der Waals surface area contributed by atoms with Crippen LogP contribution >= 0.6 is 22.9 Å². The number of benzene rings is 3. The summed E-state index contributed by atoms with van der Waals surface area (Å²) in [6.07, 6.45) is -0.981. The summed E-state index contributed by atoms with van der Waals surface area (Å²) >= 11 is 7.90. The number of rotatable bonds is 9. The highest BCUT2D eigenvalue weighted by molar-refractivity contribution is 7.21. The number of fused-ring (bicyclic) bond motifs is 4. The molecule has 1 aliphatic carbocycles. The normalized spacial score (nSPS) is 16.5. The number of carbonyl (C=O) groups is 2. The maximum Gasteiger partial charge on any atom is 0.405 e. The Morgan fingerprint density at radius 1 is 0.909 bits per heavy atom. The number of hydrogen-bond acceptors (Lipinski definition) is 4. The quantitative estimate of drug-likeness (QED) is 0.186. The first-order chi connectivity index (χ1) is 21.2. The third-order valence-corrected chi connectivity index (χ3v) is 10.5. The average Bonchev–Trinajstić information content (AvgIpc) is 3.51. The summed E-state index contributed by atoms with van der Waals surface area (Å²) in [6.45, 7) is 1.10. The van der Waals surface area contributed by atoms with Crippen molar-refractivity contribution < 1.29 is 22.8 Å². The Morgan fingerprint density at radius 2 is 1.52 bits per heavy atom. The molecule has 1 fully saturated rings. The Labute approximate surface area is 263 Å². The molecule has 3 aromatic carbocycles. The second-order valence-electron chi connectivity index (χ2n) is 11.6. The molecule has 4 aromatic rings. The van der Waals surface area contributed by atoms with Gasteiger partial charge in [0, 0.05) is 29.2 Å². The van der Waals surface area contributed by atoms with E-state index in [9.17, 15) is 22.8 Å². The van der Waals surface area contributed by atoms with Gasteiger partial charge >= 0.3 is 6.18 Å². The molecular weight excluding hydrogens is 607 g/mol. The Bertz CT molecular complexity index is 1630. The molecule has 5 nitrogen and oxygen atoms in total. The van der Waals surface area contributed by atoms with Crippen LogP contribution in [-0.4, -0.2) is 55.1 Å². The van der Waals surface area contributed by atoms with Gasteiger partial charge in [0.1, 0.15) is 16.8 Å². The molecule has 1 saturated heterocycles. The molecule has 10 heteroatoms. The molecular formula is C34H33ClF3N3O2S. The molecule has 2 N–H and O–H groups in total. The van der Waals surface area contributed by atoms with Crippen LogP contribution in [0.5, 0.6) is 0 Å². The van der Waals surface area contributed by atoms with Gasteiger partial charge in [-0.3, -0.25) is 9.59 Å². The van der Waals surface area contributed by atoms with Crippen molar-refractivity contribution in [1.29, 1.82) is 0 Å². The second-order valence-corrected chi connectivity index (χ2v) is 13.0. The van der Waals surface area contributed by atoms with Crippen LogP contribution in [-0.2, 0) is 10.2 Å². The molecule has 0 atom stereocenters. The summed E-state index contributed by atoms with van der Waals surface area (Å²) in [6, 6.07) is 22.9. The summed E-state index contributed by atoms with van der Waals surface area (Å²) in [5.41, 5.74) is 2.13. The minimum absolute atomic E-state index is 0.0621. The number of alkyl halides is 3. The van der Waals surface area contributed by atoms with Crippen molar-refractivity contribution in [3.8, 4) is 11.1 Å². The van der Waals surface area contributed by atoms with Gasteiger partial charge in [-0.05, 0) is 60.5 Å². The van der Waals surface area contributed by atoms with E-state index >= 15 is 0 Å². The smallest absolute Gasteiger partial charge is 0.348 e. The van der Waals surface area contributed by atoms with Gasteiger partial charge in [-0.1, -0.05) is 84.8 Å². The summed E-state index contributed by atoms with van der Waals surface area (Å²) in [5.74, 6) is -0.747. The second kappa shape index (κ2) is 12.5. The highest BCUT2D eigenvalue weighted by Gasteiger charge is 2.49. The minimum Gasteiger partial charge on any atom is -0.348 e. The molecule has 2 heterocycles. The fourth-order valence-corrected chi connectivity index (χ4v) is 8.14. The van der Waals surface area contributed by atoms with Crippen molar-refractivity contribution in [2.45, 2.75) is 49.7 Å². The van der Waals surface area contributed by atoms with Gasteiger partial charge < -0.3 is 15.5 Å². The van der Waals surface area contributed by atoms with Crippen molar-refractivity contribution in [2.24, 2.45) is 0 Å². The number of amides is 2. The van der Waals surface area contributed by atoms with Crippen LogP contribution in [0.3, 0.4) is 0 Å². The number of piperidine rings is 1. The fourth-order valence-electron chi connectivity index (χ4n) is 6.72. The molecule has 0 unspecified atom stereocenters. The van der Waals surface area contributed by atoms with E-state index in [1.165, 1.54) is 11.3 Å². The van der Waals surface area contributed by atoms with E-state index in [0.717, 1.165) is 71.2 Å². The van der Waals surface area contributed by atoms with Gasteiger partial charge in [-0.2, -0.15) is 13.2 Å². The van der Waals surface area contributed by atoms with Crippen LogP contribution in [0.1, 0.15) is 52.9 Å². The lowest BCUT2D eigenvalue weighted by Crippen LogP contribution is -2.47. The van der Waals surface area contributed by atoms with E-state index in [1.54, 1.807) is 0 Å². The summed E-state index contributed by atoms with van der Waals surface area (Å²) in [5, 5.41) is 6.75. The van der Waals surface area contributed by atoms with E-state index in [4.69, 9.17) is 11.6 Å². The first-order valence-corrected chi connectivity index (χ1v) is 16.1. The zero-order valence-electron chi connectivity index (χ0n) is 24.1. The SMILES string of the molecule is O=C(NC1CCN(CCCCC2(C(=O)NCC(F)(F)F)c3ccccc3-c3ccccc32)CC1)c1sc2ccccc2c1Cl. The number of nitrogens with zero attached hydrogens (tertiary/aromatic N) is 1. The molecule has 1 aliphatic heterocycles. The van der Waals surface area contributed by atoms with Gasteiger partial charge in [0.2, 0.25) is 5.91 Å². The molecule has 2 amide bonds. The van der Waals surface area contributed by atoms with Crippen LogP contribution in [0.2, 0.25) is 5.02 Å². The van der Waals surface area contributed by atoms with Crippen LogP contribution in [0, 0.1) is 0 Å². The molecule has 0 bridgehead atoms. The number of carbonyl (C=O) groups excluding carboxylic acids is 2. The lowest BCUT2D eigenvalue weighted by molar-refractivity contribution is -0.141. The lowest BCUT2D eigenvalue weighted by Gasteiger charge is -2.33. The summed E-state index contributed by atoms with van der Waals surface area (Å²) in [4.78, 5) is 29.5. The number of halogens is 4. The van der Waals surface area contributed by atoms with E-state index in [-0.39, 0.29) is 11.9 Å². The maximum atomic E-state index is 13.7. The van der Waals surface area contributed by atoms with Gasteiger partial charge in [0.25, 0.3) is 5.91 Å². The molecule has 230 valence electrons. The lowest BCUT2D eigenvalue weighted by atomic mass is 9.73. The third-order valence-electron chi connectivity index (χ3n) is 8.84. The number of nitrogens with one attached hydrogen (secondary N) is 2. The Hall–Kier alpha value is -3.40. The van der Waals surface area contributed by atoms with Crippen LogP contribution in [0.25, 0.3) is 21.2 Å². The number of likely N-dealkylation sites (tertiary alicyclic amines) is 1. The first kappa shape index (κ1) is 30.6. The van der Waals surface area contributed by atoms with Crippen molar-refractivity contribution >= 4 is 44.8 Å². The molecule has 6 rings (SSSR count). The van der Waals surface area contributed by atoms with Crippen LogP contribution < -0.4 is 10.6 Å². The first-order valence-electron chi connectivity index (χ1n) is 14.9. The highest BCUT2D eigenvalue weighted by Crippen LogP contribution is 2.51. The predicted octanol–water partition coefficient (Wildman–Crippen LogP) is 7.56. The van der Waals surface area contributed by atoms with E-state index in [0.29, 0.717) is 22.7 Å². The minimum atomic E-state index is -4.50. The van der Waals surface area contributed by atoms with Crippen molar-refractivity contribution in [2.75, 3.05) is 26.2 Å². The van der Waals surface area contributed by atoms with Gasteiger partial charge in [-0.15, -0.1) is 11.3 Å². The van der Waals surface area contributed by atoms with E-state index in [1.807, 2.05) is 72.8 Å². The van der Waals surface area contributed by atoms with Gasteiger partial charge in [-0.25, -0.2) is 0 Å². The van der Waals surface area contributed by atoms with Crippen molar-refractivity contribution in [3.63, 3.8) is 0 Å². The molecule has 0 spiro atoms. The van der Waals surface area contributed by atoms with Gasteiger partial charge in [0.15, 0.2) is 0 Å². The number of thiophene rings is 1. The number of hydrogen-bond donors (Lipinski definition) is 2. The fraction of sp³-hybridized carbons (Fsp3) is 0.353.